The van der Waals surface area contributed by atoms with Crippen molar-refractivity contribution in [2.75, 3.05) is 13.2 Å². The van der Waals surface area contributed by atoms with Gasteiger partial charge in [0.2, 0.25) is 0 Å². The van der Waals surface area contributed by atoms with Crippen LogP contribution in [0.3, 0.4) is 0 Å². The lowest BCUT2D eigenvalue weighted by atomic mass is 9.67. The van der Waals surface area contributed by atoms with Crippen LogP contribution < -0.4 is 16.2 Å². The molecule has 4 nitrogen and oxygen atoms in total. The first-order valence-corrected chi connectivity index (χ1v) is 11.2. The van der Waals surface area contributed by atoms with Gasteiger partial charge in [-0.15, -0.1) is 0 Å². The van der Waals surface area contributed by atoms with E-state index in [1.165, 1.54) is 64.2 Å². The van der Waals surface area contributed by atoms with Crippen LogP contribution in [0.4, 0.5) is 0 Å². The van der Waals surface area contributed by atoms with Gasteiger partial charge in [-0.1, -0.05) is 28.8 Å². The SMILES string of the molecule is BrC1CCC(C2NNC(NCC3CCCO3)C3CCCCC32)CC1. The molecule has 5 heteroatoms. The van der Waals surface area contributed by atoms with Crippen LogP contribution in [0.5, 0.6) is 0 Å². The van der Waals surface area contributed by atoms with Crippen molar-refractivity contribution in [3.05, 3.63) is 0 Å². The van der Waals surface area contributed by atoms with Gasteiger partial charge in [0.25, 0.3) is 0 Å². The Hall–Kier alpha value is 0.320. The molecule has 5 atom stereocenters. The number of hydrogen-bond donors (Lipinski definition) is 3. The van der Waals surface area contributed by atoms with Crippen molar-refractivity contribution in [1.29, 1.82) is 0 Å². The predicted octanol–water partition coefficient (Wildman–Crippen LogP) is 3.32. The van der Waals surface area contributed by atoms with E-state index in [0.717, 1.165) is 35.7 Å². The fourth-order valence-corrected chi connectivity index (χ4v) is 6.15. The van der Waals surface area contributed by atoms with Crippen molar-refractivity contribution in [2.24, 2.45) is 17.8 Å². The maximum atomic E-state index is 5.79. The Bertz CT molecular complexity index is 396. The number of rotatable bonds is 4. The molecule has 0 aromatic rings. The molecule has 3 N–H and O–H groups in total. The summed E-state index contributed by atoms with van der Waals surface area (Å²) in [4.78, 5) is 0.758. The average Bonchev–Trinajstić information content (AvgIpc) is 3.14. The Morgan fingerprint density at radius 2 is 1.67 bits per heavy atom. The summed E-state index contributed by atoms with van der Waals surface area (Å²) in [7, 11) is 0. The predicted molar refractivity (Wildman–Crippen MR) is 101 cm³/mol. The molecule has 0 spiro atoms. The van der Waals surface area contributed by atoms with Crippen LogP contribution in [0.1, 0.15) is 64.2 Å². The zero-order valence-corrected chi connectivity index (χ0v) is 16.4. The Morgan fingerprint density at radius 1 is 0.875 bits per heavy atom. The van der Waals surface area contributed by atoms with E-state index >= 15 is 0 Å². The first kappa shape index (κ1) is 17.7. The van der Waals surface area contributed by atoms with E-state index in [1.54, 1.807) is 0 Å². The van der Waals surface area contributed by atoms with Crippen molar-refractivity contribution in [1.82, 2.24) is 16.2 Å². The largest absolute Gasteiger partial charge is 0.377 e. The summed E-state index contributed by atoms with van der Waals surface area (Å²) in [6.07, 6.45) is 14.4. The quantitative estimate of drug-likeness (QED) is 0.634. The summed E-state index contributed by atoms with van der Waals surface area (Å²) >= 11 is 3.81. The van der Waals surface area contributed by atoms with Gasteiger partial charge < -0.3 is 4.74 Å². The molecule has 2 aliphatic heterocycles. The van der Waals surface area contributed by atoms with Crippen LogP contribution >= 0.6 is 15.9 Å². The third-order valence-corrected chi connectivity index (χ3v) is 7.88. The van der Waals surface area contributed by atoms with Crippen molar-refractivity contribution in [3.8, 4) is 0 Å². The minimum atomic E-state index is 0.420. The molecule has 2 saturated carbocycles. The van der Waals surface area contributed by atoms with Gasteiger partial charge in [0.15, 0.2) is 0 Å². The Labute approximate surface area is 155 Å². The maximum Gasteiger partial charge on any atom is 0.0736 e. The maximum absolute atomic E-state index is 5.79. The highest BCUT2D eigenvalue weighted by Crippen LogP contribution is 2.42. The molecule has 0 amide bonds. The van der Waals surface area contributed by atoms with E-state index in [0.29, 0.717) is 18.3 Å². The second-order valence-electron chi connectivity index (χ2n) is 8.46. The van der Waals surface area contributed by atoms with E-state index in [4.69, 9.17) is 4.74 Å². The number of hydrazine groups is 1. The minimum Gasteiger partial charge on any atom is -0.377 e. The van der Waals surface area contributed by atoms with Crippen LogP contribution in [0.2, 0.25) is 0 Å². The molecule has 0 aromatic heterocycles. The van der Waals surface area contributed by atoms with Gasteiger partial charge >= 0.3 is 0 Å². The summed E-state index contributed by atoms with van der Waals surface area (Å²) in [6.45, 7) is 1.95. The number of halogens is 1. The summed E-state index contributed by atoms with van der Waals surface area (Å²) in [5.41, 5.74) is 7.43. The highest BCUT2D eigenvalue weighted by molar-refractivity contribution is 9.09. The standard InChI is InChI=1S/C19H34BrN3O/c20-14-9-7-13(8-10-14)18-16-5-1-2-6-17(16)19(23-22-18)21-12-15-4-3-11-24-15/h13-19,21-23H,1-12H2. The molecule has 4 fully saturated rings. The lowest BCUT2D eigenvalue weighted by Gasteiger charge is -2.50. The number of fused-ring (bicyclic) bond motifs is 1. The summed E-state index contributed by atoms with van der Waals surface area (Å²) < 4.78 is 5.79. The Kier molecular flexibility index (Phi) is 6.16. The monoisotopic (exact) mass is 399 g/mol. The van der Waals surface area contributed by atoms with E-state index in [-0.39, 0.29) is 0 Å². The zero-order valence-electron chi connectivity index (χ0n) is 14.8. The van der Waals surface area contributed by atoms with Gasteiger partial charge in [0.1, 0.15) is 0 Å². The van der Waals surface area contributed by atoms with E-state index in [1.807, 2.05) is 0 Å². The second kappa shape index (κ2) is 8.34. The molecular weight excluding hydrogens is 366 g/mol. The van der Waals surface area contributed by atoms with Gasteiger partial charge in [-0.05, 0) is 69.1 Å². The van der Waals surface area contributed by atoms with Crippen molar-refractivity contribution >= 4 is 15.9 Å². The lowest BCUT2D eigenvalue weighted by Crippen LogP contribution is -2.68. The van der Waals surface area contributed by atoms with Crippen LogP contribution in [-0.2, 0) is 4.74 Å². The first-order valence-electron chi connectivity index (χ1n) is 10.3. The van der Waals surface area contributed by atoms with E-state index in [9.17, 15) is 0 Å². The van der Waals surface area contributed by atoms with Crippen molar-refractivity contribution in [3.63, 3.8) is 0 Å². The fraction of sp³-hybridized carbons (Fsp3) is 1.00. The molecule has 4 aliphatic rings. The molecule has 5 unspecified atom stereocenters. The third-order valence-electron chi connectivity index (χ3n) is 6.97. The number of nitrogens with one attached hydrogen (secondary N) is 3. The summed E-state index contributed by atoms with van der Waals surface area (Å²) in [6, 6.07) is 0.677. The van der Waals surface area contributed by atoms with Crippen molar-refractivity contribution < 1.29 is 4.74 Å². The highest BCUT2D eigenvalue weighted by Gasteiger charge is 2.43. The molecule has 2 aliphatic carbocycles. The van der Waals surface area contributed by atoms with Crippen LogP contribution in [0.25, 0.3) is 0 Å². The lowest BCUT2D eigenvalue weighted by molar-refractivity contribution is 0.0180. The molecular formula is C19H34BrN3O. The van der Waals surface area contributed by atoms with Crippen LogP contribution in [0.15, 0.2) is 0 Å². The van der Waals surface area contributed by atoms with Gasteiger partial charge in [-0.3, -0.25) is 10.7 Å². The van der Waals surface area contributed by atoms with Gasteiger partial charge in [-0.25, -0.2) is 5.43 Å². The van der Waals surface area contributed by atoms with Gasteiger partial charge in [-0.2, -0.15) is 0 Å². The van der Waals surface area contributed by atoms with E-state index in [2.05, 4.69) is 32.1 Å². The first-order chi connectivity index (χ1) is 11.8. The normalized spacial score (nSPS) is 46.6. The highest BCUT2D eigenvalue weighted by atomic mass is 79.9. The molecule has 4 rings (SSSR count). The number of alkyl halides is 1. The molecule has 24 heavy (non-hydrogen) atoms. The number of hydrogen-bond acceptors (Lipinski definition) is 4. The van der Waals surface area contributed by atoms with Gasteiger partial charge in [0, 0.05) is 24.0 Å². The van der Waals surface area contributed by atoms with Crippen LogP contribution in [-0.4, -0.2) is 36.3 Å². The minimum absolute atomic E-state index is 0.420. The third kappa shape index (κ3) is 4.01. The second-order valence-corrected chi connectivity index (χ2v) is 9.75. The Balaban J connectivity index is 1.36. The van der Waals surface area contributed by atoms with Crippen LogP contribution in [0, 0.1) is 17.8 Å². The summed E-state index contributed by atoms with van der Waals surface area (Å²) in [5, 5.41) is 3.79. The molecule has 0 radical (unpaired) electrons. The number of ether oxygens (including phenoxy) is 1. The zero-order chi connectivity index (χ0) is 16.4. The van der Waals surface area contributed by atoms with E-state index < -0.39 is 0 Å². The van der Waals surface area contributed by atoms with Crippen molar-refractivity contribution in [2.45, 2.75) is 87.3 Å². The Morgan fingerprint density at radius 3 is 2.42 bits per heavy atom. The molecule has 138 valence electrons. The molecule has 0 aromatic carbocycles. The molecule has 2 saturated heterocycles. The molecule has 0 bridgehead atoms. The summed E-state index contributed by atoms with van der Waals surface area (Å²) in [5.74, 6) is 2.49. The fourth-order valence-electron chi connectivity index (χ4n) is 5.62. The average molecular weight is 400 g/mol. The topological polar surface area (TPSA) is 45.3 Å². The van der Waals surface area contributed by atoms with Gasteiger partial charge in [0.05, 0.1) is 12.3 Å². The smallest absolute Gasteiger partial charge is 0.0736 e. The molecule has 2 heterocycles.